The Labute approximate surface area is 211 Å². The molecule has 5 aliphatic rings. The number of aliphatic hydroxyl groups excluding tert-OH is 2. The van der Waals surface area contributed by atoms with Crippen LogP contribution in [0.1, 0.15) is 99.8 Å². The Morgan fingerprint density at radius 3 is 2.26 bits per heavy atom. The van der Waals surface area contributed by atoms with Gasteiger partial charge in [-0.05, 0) is 97.7 Å². The van der Waals surface area contributed by atoms with E-state index in [1.54, 1.807) is 0 Å². The summed E-state index contributed by atoms with van der Waals surface area (Å²) < 4.78 is 0. The van der Waals surface area contributed by atoms with Gasteiger partial charge in [-0.25, -0.2) is 0 Å². The van der Waals surface area contributed by atoms with Crippen LogP contribution >= 0.6 is 0 Å². The second kappa shape index (κ2) is 7.35. The monoisotopic (exact) mass is 488 g/mol. The number of allylic oxidation sites excluding steroid dienone is 1. The zero-order valence-electron chi connectivity index (χ0n) is 22.9. The molecule has 0 spiro atoms. The predicted octanol–water partition coefficient (Wildman–Crippen LogP) is 5.18. The zero-order chi connectivity index (χ0) is 26.0. The van der Waals surface area contributed by atoms with E-state index in [-0.39, 0.29) is 33.5 Å². The van der Waals surface area contributed by atoms with Crippen LogP contribution in [0.3, 0.4) is 0 Å². The number of rotatable bonds is 1. The smallest absolute Gasteiger partial charge is 0.310 e. The van der Waals surface area contributed by atoms with Crippen LogP contribution in [-0.2, 0) is 4.79 Å². The zero-order valence-corrected chi connectivity index (χ0v) is 22.9. The number of fused-ring (bicyclic) bond motifs is 7. The van der Waals surface area contributed by atoms with E-state index in [0.29, 0.717) is 25.2 Å². The van der Waals surface area contributed by atoms with E-state index in [4.69, 9.17) is 0 Å². The summed E-state index contributed by atoms with van der Waals surface area (Å²) in [5.41, 5.74) is -1.80. The first-order valence-electron chi connectivity index (χ1n) is 14.0. The normalized spacial score (nSPS) is 57.1. The van der Waals surface area contributed by atoms with Crippen LogP contribution in [-0.4, -0.2) is 44.2 Å². The second-order valence-electron chi connectivity index (χ2n) is 14.9. The fourth-order valence-corrected chi connectivity index (χ4v) is 11.0. The van der Waals surface area contributed by atoms with Crippen LogP contribution in [0.25, 0.3) is 0 Å². The quantitative estimate of drug-likeness (QED) is 0.382. The van der Waals surface area contributed by atoms with Gasteiger partial charge < -0.3 is 20.4 Å². The van der Waals surface area contributed by atoms with Crippen molar-refractivity contribution in [2.24, 2.45) is 50.7 Å². The molecule has 0 aromatic rings. The first-order chi connectivity index (χ1) is 16.0. The molecule has 4 N–H and O–H groups in total. The second-order valence-corrected chi connectivity index (χ2v) is 14.9. The van der Waals surface area contributed by atoms with Crippen LogP contribution in [0.4, 0.5) is 0 Å². The van der Waals surface area contributed by atoms with Crippen molar-refractivity contribution in [1.29, 1.82) is 0 Å². The molecule has 4 saturated carbocycles. The van der Waals surface area contributed by atoms with Crippen molar-refractivity contribution in [3.8, 4) is 0 Å². The largest absolute Gasteiger partial charge is 0.481 e. The molecule has 11 atom stereocenters. The fourth-order valence-electron chi connectivity index (χ4n) is 11.0. The van der Waals surface area contributed by atoms with Crippen molar-refractivity contribution in [2.75, 3.05) is 0 Å². The minimum Gasteiger partial charge on any atom is -0.481 e. The van der Waals surface area contributed by atoms with E-state index in [0.717, 1.165) is 37.7 Å². The molecule has 5 rings (SSSR count). The van der Waals surface area contributed by atoms with Gasteiger partial charge in [0.15, 0.2) is 0 Å². The first-order valence-corrected chi connectivity index (χ1v) is 14.0. The maximum absolute atomic E-state index is 12.8. The van der Waals surface area contributed by atoms with Crippen molar-refractivity contribution in [1.82, 2.24) is 0 Å². The molecule has 0 heterocycles. The van der Waals surface area contributed by atoms with Crippen LogP contribution in [0, 0.1) is 50.7 Å². The summed E-state index contributed by atoms with van der Waals surface area (Å²) in [6.07, 6.45) is 7.27. The number of hydrogen-bond donors (Lipinski definition) is 4. The number of carboxylic acid groups (broad SMARTS) is 1. The van der Waals surface area contributed by atoms with E-state index in [1.165, 1.54) is 0 Å². The highest BCUT2D eigenvalue weighted by atomic mass is 16.4. The van der Waals surface area contributed by atoms with Crippen LogP contribution < -0.4 is 0 Å². The summed E-state index contributed by atoms with van der Waals surface area (Å²) >= 11 is 0. The molecular formula is C30H48O5. The van der Waals surface area contributed by atoms with Crippen LogP contribution in [0.5, 0.6) is 0 Å². The van der Waals surface area contributed by atoms with Gasteiger partial charge in [-0.15, -0.1) is 0 Å². The Bertz CT molecular complexity index is 952. The molecule has 5 aliphatic carbocycles. The summed E-state index contributed by atoms with van der Waals surface area (Å²) in [6.45, 7) is 15.2. The van der Waals surface area contributed by atoms with Gasteiger partial charge in [-0.1, -0.05) is 53.2 Å². The van der Waals surface area contributed by atoms with Crippen molar-refractivity contribution in [3.63, 3.8) is 0 Å². The third-order valence-electron chi connectivity index (χ3n) is 13.3. The van der Waals surface area contributed by atoms with E-state index >= 15 is 0 Å². The lowest BCUT2D eigenvalue weighted by Crippen LogP contribution is -2.70. The number of aliphatic carboxylic acids is 1. The van der Waals surface area contributed by atoms with Gasteiger partial charge in [-0.3, -0.25) is 4.79 Å². The molecule has 198 valence electrons. The highest BCUT2D eigenvalue weighted by Crippen LogP contribution is 2.76. The molecule has 0 aromatic carbocycles. The van der Waals surface area contributed by atoms with Crippen molar-refractivity contribution in [2.45, 2.75) is 118 Å². The average Bonchev–Trinajstić information content (AvgIpc) is 2.74. The summed E-state index contributed by atoms with van der Waals surface area (Å²) in [7, 11) is 0. The highest BCUT2D eigenvalue weighted by molar-refractivity contribution is 5.77. The van der Waals surface area contributed by atoms with Gasteiger partial charge >= 0.3 is 5.97 Å². The van der Waals surface area contributed by atoms with Gasteiger partial charge in [0.05, 0.1) is 23.2 Å². The molecule has 0 aliphatic heterocycles. The number of hydrogen-bond acceptors (Lipinski definition) is 4. The summed E-state index contributed by atoms with van der Waals surface area (Å²) in [5.74, 6) is -0.765. The van der Waals surface area contributed by atoms with E-state index in [2.05, 4.69) is 47.6 Å². The lowest BCUT2D eigenvalue weighted by atomic mass is 9.32. The predicted molar refractivity (Wildman–Crippen MR) is 135 cm³/mol. The lowest BCUT2D eigenvalue weighted by Gasteiger charge is -2.72. The van der Waals surface area contributed by atoms with Gasteiger partial charge in [0.1, 0.15) is 0 Å². The van der Waals surface area contributed by atoms with E-state index in [9.17, 15) is 25.2 Å². The van der Waals surface area contributed by atoms with Crippen LogP contribution in [0.15, 0.2) is 11.6 Å². The molecule has 5 heteroatoms. The minimum atomic E-state index is -1.08. The summed E-state index contributed by atoms with van der Waals surface area (Å²) in [5, 5.41) is 45.1. The Balaban J connectivity index is 1.67. The molecule has 0 bridgehead atoms. The molecular weight excluding hydrogens is 440 g/mol. The van der Waals surface area contributed by atoms with Gasteiger partial charge in [0, 0.05) is 5.92 Å². The number of carboxylic acids is 1. The third kappa shape index (κ3) is 2.90. The topological polar surface area (TPSA) is 98.0 Å². The van der Waals surface area contributed by atoms with Gasteiger partial charge in [-0.2, -0.15) is 0 Å². The van der Waals surface area contributed by atoms with E-state index < -0.39 is 35.1 Å². The molecule has 0 amide bonds. The molecule has 3 unspecified atom stereocenters. The minimum absolute atomic E-state index is 0.0230. The van der Waals surface area contributed by atoms with Crippen molar-refractivity contribution < 1.29 is 25.2 Å². The standard InChI is InChI=1S/C30H48O5/c1-17-10-13-30(24(33)34)15-14-27(5)18(22(30)29(17,7)35)8-9-20-26(4)12-11-21(32)25(2,3)23(26)19(31)16-28(20,27)6/h8,17,19-23,31-32,35H,9-16H2,1-7H3,(H,33,34)/t17-,19+,20?,21+,22?,23?,26-,27-,28-,29-,30+/m1/s1. The number of carbonyl (C=O) groups is 1. The molecule has 0 saturated heterocycles. The van der Waals surface area contributed by atoms with Gasteiger partial charge in [0.2, 0.25) is 0 Å². The molecule has 4 fully saturated rings. The Morgan fingerprint density at radius 1 is 0.971 bits per heavy atom. The molecule has 0 radical (unpaired) electrons. The maximum atomic E-state index is 12.8. The van der Waals surface area contributed by atoms with Gasteiger partial charge in [0.25, 0.3) is 0 Å². The van der Waals surface area contributed by atoms with Crippen molar-refractivity contribution >= 4 is 5.97 Å². The van der Waals surface area contributed by atoms with E-state index in [1.807, 2.05) is 6.92 Å². The SMILES string of the molecule is C[C@@H]1CC[C@]2(C(=O)O)CC[C@]3(C)C(=CCC4[C@@]5(C)CC[C@H](O)C(C)(C)C5[C@@H](O)C[C@]43C)C2[C@]1(C)O. The summed E-state index contributed by atoms with van der Waals surface area (Å²) in [4.78, 5) is 12.8. The summed E-state index contributed by atoms with van der Waals surface area (Å²) in [6, 6.07) is 0. The number of aliphatic hydroxyl groups is 3. The Hall–Kier alpha value is -0.910. The average molecular weight is 489 g/mol. The fraction of sp³-hybridized carbons (Fsp3) is 0.900. The Kier molecular flexibility index (Phi) is 5.40. The first kappa shape index (κ1) is 25.7. The lowest BCUT2D eigenvalue weighted by molar-refractivity contribution is -0.247. The molecule has 0 aromatic heterocycles. The van der Waals surface area contributed by atoms with Crippen LogP contribution in [0.2, 0.25) is 0 Å². The molecule has 5 nitrogen and oxygen atoms in total. The van der Waals surface area contributed by atoms with Crippen molar-refractivity contribution in [3.05, 3.63) is 11.6 Å². The molecule has 35 heavy (non-hydrogen) atoms. The third-order valence-corrected chi connectivity index (χ3v) is 13.3. The maximum Gasteiger partial charge on any atom is 0.310 e. The highest BCUT2D eigenvalue weighted by Gasteiger charge is 2.72. The Morgan fingerprint density at radius 2 is 1.63 bits per heavy atom.